The number of benzene rings is 3. The summed E-state index contributed by atoms with van der Waals surface area (Å²) >= 11 is 0. The van der Waals surface area contributed by atoms with Crippen LogP contribution >= 0.6 is 0 Å². The minimum Gasteiger partial charge on any atom is -0.493 e. The number of carbonyl (C=O) groups excluding carboxylic acids is 1. The number of carbonyl (C=O) groups is 1. The van der Waals surface area contributed by atoms with Crippen LogP contribution in [0.2, 0.25) is 0 Å². The predicted molar refractivity (Wildman–Crippen MR) is 127 cm³/mol. The summed E-state index contributed by atoms with van der Waals surface area (Å²) in [5, 5.41) is 4.14. The number of aromatic nitrogens is 1. The average Bonchev–Trinajstić information content (AvgIpc) is 3.20. The molecule has 32 heavy (non-hydrogen) atoms. The largest absolute Gasteiger partial charge is 0.493 e. The van der Waals surface area contributed by atoms with Gasteiger partial charge in [-0.05, 0) is 46.8 Å². The van der Waals surface area contributed by atoms with Crippen LogP contribution in [-0.4, -0.2) is 30.7 Å². The molecule has 0 unspecified atom stereocenters. The molecule has 0 aliphatic rings. The first-order valence-corrected chi connectivity index (χ1v) is 10.6. The van der Waals surface area contributed by atoms with Gasteiger partial charge in [-0.1, -0.05) is 42.5 Å². The molecule has 4 rings (SSSR count). The van der Waals surface area contributed by atoms with E-state index in [0.29, 0.717) is 24.7 Å². The Balaban J connectivity index is 1.46. The Hall–Kier alpha value is -3.77. The smallest absolute Gasteiger partial charge is 0.228 e. The van der Waals surface area contributed by atoms with Crippen LogP contribution in [0, 0.1) is 0 Å². The highest BCUT2D eigenvalue weighted by Crippen LogP contribution is 2.28. The van der Waals surface area contributed by atoms with Gasteiger partial charge < -0.3 is 25.1 Å². The van der Waals surface area contributed by atoms with Gasteiger partial charge in [-0.2, -0.15) is 0 Å². The maximum absolute atomic E-state index is 12.7. The Kier molecular flexibility index (Phi) is 6.72. The number of nitrogens with one attached hydrogen (secondary N) is 1. The summed E-state index contributed by atoms with van der Waals surface area (Å²) in [5.74, 6) is 1.11. The van der Waals surface area contributed by atoms with E-state index >= 15 is 0 Å². The van der Waals surface area contributed by atoms with E-state index in [1.54, 1.807) is 13.2 Å². The Labute approximate surface area is 187 Å². The van der Waals surface area contributed by atoms with E-state index in [2.05, 4.69) is 34.3 Å². The second-order valence-corrected chi connectivity index (χ2v) is 7.55. The molecule has 0 fully saturated rings. The highest BCUT2D eigenvalue weighted by molar-refractivity contribution is 5.95. The lowest BCUT2D eigenvalue weighted by Gasteiger charge is -2.12. The van der Waals surface area contributed by atoms with Gasteiger partial charge in [0.05, 0.1) is 19.0 Å². The lowest BCUT2D eigenvalue weighted by atomic mass is 10.1. The van der Waals surface area contributed by atoms with Gasteiger partial charge in [0, 0.05) is 25.0 Å². The van der Waals surface area contributed by atoms with Crippen molar-refractivity contribution in [1.82, 2.24) is 4.57 Å². The molecular weight excluding hydrogens is 402 g/mol. The second-order valence-electron chi connectivity index (χ2n) is 7.55. The molecule has 0 aliphatic heterocycles. The first-order valence-electron chi connectivity index (χ1n) is 10.6. The molecule has 1 heterocycles. The van der Waals surface area contributed by atoms with Crippen LogP contribution in [0.15, 0.2) is 79.0 Å². The lowest BCUT2D eigenvalue weighted by Crippen LogP contribution is -2.15. The summed E-state index contributed by atoms with van der Waals surface area (Å²) in [7, 11) is 1.58. The number of hydrogen-bond donors (Lipinski definition) is 2. The quantitative estimate of drug-likeness (QED) is 0.418. The molecule has 0 spiro atoms. The van der Waals surface area contributed by atoms with Crippen molar-refractivity contribution in [3.8, 4) is 11.5 Å². The van der Waals surface area contributed by atoms with E-state index in [0.717, 1.165) is 28.7 Å². The fraction of sp³-hybridized carbons (Fsp3) is 0.192. The van der Waals surface area contributed by atoms with Gasteiger partial charge in [0.25, 0.3) is 0 Å². The van der Waals surface area contributed by atoms with Gasteiger partial charge in [-0.15, -0.1) is 0 Å². The fourth-order valence-electron chi connectivity index (χ4n) is 3.68. The van der Waals surface area contributed by atoms with Crippen LogP contribution in [-0.2, 0) is 17.8 Å². The number of nitrogens with zero attached hydrogens (tertiary/aromatic N) is 1. The summed E-state index contributed by atoms with van der Waals surface area (Å²) in [6, 6.07) is 23.9. The van der Waals surface area contributed by atoms with Crippen molar-refractivity contribution in [3.05, 3.63) is 90.1 Å². The third-order valence-corrected chi connectivity index (χ3v) is 5.22. The van der Waals surface area contributed by atoms with Crippen LogP contribution in [0.25, 0.3) is 10.9 Å². The Morgan fingerprint density at radius 2 is 1.81 bits per heavy atom. The number of amides is 1. The van der Waals surface area contributed by atoms with Gasteiger partial charge in [0.1, 0.15) is 6.61 Å². The third kappa shape index (κ3) is 5.10. The van der Waals surface area contributed by atoms with Crippen LogP contribution in [0.3, 0.4) is 0 Å². The van der Waals surface area contributed by atoms with Crippen molar-refractivity contribution in [3.63, 3.8) is 0 Å². The molecule has 0 bridgehead atoms. The van der Waals surface area contributed by atoms with E-state index in [1.807, 2.05) is 48.5 Å². The highest BCUT2D eigenvalue weighted by atomic mass is 16.5. The molecule has 0 radical (unpaired) electrons. The number of rotatable bonds is 9. The number of anilines is 1. The van der Waals surface area contributed by atoms with Crippen LogP contribution in [0.4, 0.5) is 5.69 Å². The molecule has 4 aromatic rings. The number of hydrogen-bond acceptors (Lipinski definition) is 4. The van der Waals surface area contributed by atoms with E-state index in [-0.39, 0.29) is 12.3 Å². The molecule has 0 aliphatic carbocycles. The molecule has 0 saturated heterocycles. The molecule has 3 N–H and O–H groups in total. The number of nitrogens with two attached hydrogens (primary N) is 1. The molecule has 1 amide bonds. The zero-order valence-electron chi connectivity index (χ0n) is 18.1. The molecule has 164 valence electrons. The zero-order valence-corrected chi connectivity index (χ0v) is 18.1. The number of methoxy groups -OCH3 is 1. The van der Waals surface area contributed by atoms with Crippen molar-refractivity contribution < 1.29 is 14.3 Å². The average molecular weight is 430 g/mol. The molecule has 1 aromatic heterocycles. The van der Waals surface area contributed by atoms with Crippen LogP contribution < -0.4 is 20.5 Å². The Morgan fingerprint density at radius 1 is 0.969 bits per heavy atom. The fourth-order valence-corrected chi connectivity index (χ4v) is 3.68. The summed E-state index contributed by atoms with van der Waals surface area (Å²) in [4.78, 5) is 12.7. The minimum absolute atomic E-state index is 0.0943. The van der Waals surface area contributed by atoms with Gasteiger partial charge >= 0.3 is 0 Å². The van der Waals surface area contributed by atoms with E-state index in [1.165, 1.54) is 5.56 Å². The van der Waals surface area contributed by atoms with Gasteiger partial charge in [-0.25, -0.2) is 0 Å². The van der Waals surface area contributed by atoms with E-state index in [9.17, 15) is 4.79 Å². The van der Waals surface area contributed by atoms with E-state index in [4.69, 9.17) is 15.2 Å². The summed E-state index contributed by atoms with van der Waals surface area (Å²) in [6.07, 6.45) is 2.31. The van der Waals surface area contributed by atoms with Crippen molar-refractivity contribution in [2.75, 3.05) is 25.6 Å². The summed E-state index contributed by atoms with van der Waals surface area (Å²) < 4.78 is 13.1. The molecular formula is C26H27N3O3. The van der Waals surface area contributed by atoms with Crippen molar-refractivity contribution in [2.45, 2.75) is 13.0 Å². The lowest BCUT2D eigenvalue weighted by molar-refractivity contribution is -0.115. The highest BCUT2D eigenvalue weighted by Gasteiger charge is 2.10. The molecule has 6 nitrogen and oxygen atoms in total. The number of ether oxygens (including phenoxy) is 2. The van der Waals surface area contributed by atoms with Crippen LogP contribution in [0.5, 0.6) is 11.5 Å². The van der Waals surface area contributed by atoms with Crippen molar-refractivity contribution >= 4 is 22.5 Å². The van der Waals surface area contributed by atoms with Crippen molar-refractivity contribution in [1.29, 1.82) is 0 Å². The third-order valence-electron chi connectivity index (χ3n) is 5.22. The van der Waals surface area contributed by atoms with E-state index < -0.39 is 0 Å². The molecule has 0 saturated carbocycles. The van der Waals surface area contributed by atoms with Gasteiger partial charge in [0.15, 0.2) is 11.5 Å². The number of fused-ring (bicyclic) bond motifs is 1. The Morgan fingerprint density at radius 3 is 2.59 bits per heavy atom. The normalized spacial score (nSPS) is 10.8. The zero-order chi connectivity index (χ0) is 22.3. The van der Waals surface area contributed by atoms with Crippen LogP contribution in [0.1, 0.15) is 11.1 Å². The topological polar surface area (TPSA) is 78.5 Å². The standard InChI is InChI=1S/C26H27N3O3/c1-31-25-15-20(7-10-24(25)32-14-12-27)16-26(30)28-22-9-8-21-11-13-29(23(21)17-22)18-19-5-3-2-4-6-19/h2-11,13,15,17H,12,14,16,18,27H2,1H3,(H,28,30). The monoisotopic (exact) mass is 429 g/mol. The first kappa shape index (κ1) is 21.5. The summed E-state index contributed by atoms with van der Waals surface area (Å²) in [6.45, 7) is 1.61. The minimum atomic E-state index is -0.0943. The SMILES string of the molecule is COc1cc(CC(=O)Nc2ccc3ccn(Cc4ccccc4)c3c2)ccc1OCCN. The van der Waals surface area contributed by atoms with Gasteiger partial charge in [0.2, 0.25) is 5.91 Å². The molecule has 0 atom stereocenters. The maximum atomic E-state index is 12.7. The summed E-state index contributed by atoms with van der Waals surface area (Å²) in [5.41, 5.74) is 9.41. The van der Waals surface area contributed by atoms with Gasteiger partial charge in [-0.3, -0.25) is 4.79 Å². The molecule has 3 aromatic carbocycles. The second kappa shape index (κ2) is 10.0. The predicted octanol–water partition coefficient (Wildman–Crippen LogP) is 4.22. The molecule has 6 heteroatoms. The van der Waals surface area contributed by atoms with Crippen molar-refractivity contribution in [2.24, 2.45) is 5.73 Å². The first-order chi connectivity index (χ1) is 15.7. The maximum Gasteiger partial charge on any atom is 0.228 e. The Bertz CT molecular complexity index is 1200.